The van der Waals surface area contributed by atoms with Crippen molar-refractivity contribution in [2.45, 2.75) is 50.0 Å². The molecule has 7 nitrogen and oxygen atoms in total. The van der Waals surface area contributed by atoms with E-state index >= 15 is 0 Å². The van der Waals surface area contributed by atoms with E-state index in [1.54, 1.807) is 25.4 Å². The largest absolute Gasteiger partial charge is 0.479 e. The third kappa shape index (κ3) is 3.49. The average Bonchev–Trinajstić information content (AvgIpc) is 3.48. The van der Waals surface area contributed by atoms with Crippen molar-refractivity contribution in [1.82, 2.24) is 14.8 Å². The number of halogens is 1. The first-order valence-corrected chi connectivity index (χ1v) is 11.4. The lowest BCUT2D eigenvalue weighted by Crippen LogP contribution is -2.35. The highest BCUT2D eigenvalue weighted by Gasteiger charge is 2.47. The maximum Gasteiger partial charge on any atom is 0.335 e. The summed E-state index contributed by atoms with van der Waals surface area (Å²) < 4.78 is 21.5. The van der Waals surface area contributed by atoms with E-state index in [1.165, 1.54) is 12.1 Å². The van der Waals surface area contributed by atoms with E-state index in [-0.39, 0.29) is 24.6 Å². The van der Waals surface area contributed by atoms with Gasteiger partial charge in [0.15, 0.2) is 5.60 Å². The van der Waals surface area contributed by atoms with Gasteiger partial charge in [-0.2, -0.15) is 5.10 Å². The van der Waals surface area contributed by atoms with Crippen molar-refractivity contribution in [2.75, 3.05) is 13.7 Å². The number of fused-ring (bicyclic) bond motifs is 2. The Morgan fingerprint density at radius 2 is 2.06 bits per heavy atom. The van der Waals surface area contributed by atoms with Crippen molar-refractivity contribution >= 4 is 27.8 Å². The quantitative estimate of drug-likeness (QED) is 0.385. The van der Waals surface area contributed by atoms with Gasteiger partial charge in [-0.05, 0) is 67.1 Å². The van der Waals surface area contributed by atoms with E-state index in [9.17, 15) is 19.4 Å². The summed E-state index contributed by atoms with van der Waals surface area (Å²) in [4.78, 5) is 11.8. The molecule has 0 bridgehead atoms. The van der Waals surface area contributed by atoms with Gasteiger partial charge in [-0.1, -0.05) is 13.8 Å². The fraction of sp³-hybridized carbons (Fsp3) is 0.385. The highest BCUT2D eigenvalue weighted by atomic mass is 19.1. The molecule has 0 saturated heterocycles. The molecular formula is C26H28FN3O4. The Balaban J connectivity index is 1.87. The van der Waals surface area contributed by atoms with Crippen LogP contribution in [0.3, 0.4) is 0 Å². The van der Waals surface area contributed by atoms with Crippen molar-refractivity contribution < 1.29 is 24.1 Å². The second kappa shape index (κ2) is 7.92. The Morgan fingerprint density at radius 1 is 1.32 bits per heavy atom. The molecule has 2 aromatic carbocycles. The van der Waals surface area contributed by atoms with Gasteiger partial charge >= 0.3 is 5.97 Å². The van der Waals surface area contributed by atoms with Gasteiger partial charge in [0.2, 0.25) is 0 Å². The van der Waals surface area contributed by atoms with Crippen LogP contribution in [0.2, 0.25) is 0 Å². The first-order valence-electron chi connectivity index (χ1n) is 11.4. The Bertz CT molecular complexity index is 1390. The number of hydrogen-bond donors (Lipinski definition) is 3. The molecule has 1 fully saturated rings. The zero-order valence-corrected chi connectivity index (χ0v) is 19.4. The summed E-state index contributed by atoms with van der Waals surface area (Å²) in [6.45, 7) is 4.59. The summed E-state index contributed by atoms with van der Waals surface area (Å²) in [5.41, 5.74) is 2.33. The zero-order chi connectivity index (χ0) is 24.3. The summed E-state index contributed by atoms with van der Waals surface area (Å²) in [5.74, 6) is -1.68. The molecule has 3 N–H and O–H groups in total. The molecule has 2 heterocycles. The first-order chi connectivity index (χ1) is 16.1. The van der Waals surface area contributed by atoms with Gasteiger partial charge in [-0.3, -0.25) is 5.10 Å². The maximum absolute atomic E-state index is 13.8. The van der Waals surface area contributed by atoms with Crippen molar-refractivity contribution in [3.63, 3.8) is 0 Å². The smallest absolute Gasteiger partial charge is 0.335 e. The Morgan fingerprint density at radius 3 is 2.71 bits per heavy atom. The molecule has 8 heteroatoms. The van der Waals surface area contributed by atoms with Crippen LogP contribution in [0.1, 0.15) is 50.3 Å². The van der Waals surface area contributed by atoms with E-state index in [0.717, 1.165) is 38.8 Å². The number of rotatable bonds is 6. The molecule has 2 atom stereocenters. The normalized spacial score (nSPS) is 21.0. The van der Waals surface area contributed by atoms with Gasteiger partial charge in [-0.25, -0.2) is 9.18 Å². The Labute approximate surface area is 196 Å². The van der Waals surface area contributed by atoms with Gasteiger partial charge < -0.3 is 19.5 Å². The summed E-state index contributed by atoms with van der Waals surface area (Å²) in [6.07, 6.45) is 2.62. The van der Waals surface area contributed by atoms with E-state index in [1.807, 2.05) is 12.1 Å². The van der Waals surface area contributed by atoms with Crippen LogP contribution in [0.15, 0.2) is 42.6 Å². The molecule has 1 aliphatic rings. The number of hydrogen-bond acceptors (Lipinski definition) is 4. The minimum atomic E-state index is -1.75. The maximum atomic E-state index is 13.8. The number of H-pyrrole nitrogens is 1. The van der Waals surface area contributed by atoms with Gasteiger partial charge in [0, 0.05) is 34.7 Å². The van der Waals surface area contributed by atoms with Crippen LogP contribution in [0.25, 0.3) is 27.5 Å². The lowest BCUT2D eigenvalue weighted by atomic mass is 9.81. The summed E-state index contributed by atoms with van der Waals surface area (Å²) in [6, 6.07) is 10.4. The third-order valence-corrected chi connectivity index (χ3v) is 7.09. The van der Waals surface area contributed by atoms with Crippen molar-refractivity contribution in [3.8, 4) is 5.69 Å². The topological polar surface area (TPSA) is 100 Å². The van der Waals surface area contributed by atoms with Crippen molar-refractivity contribution in [1.29, 1.82) is 0 Å². The predicted octanol–water partition coefficient (Wildman–Crippen LogP) is 4.65. The molecule has 34 heavy (non-hydrogen) atoms. The predicted molar refractivity (Wildman–Crippen MR) is 127 cm³/mol. The lowest BCUT2D eigenvalue weighted by molar-refractivity contribution is -0.157. The van der Waals surface area contributed by atoms with E-state index in [0.29, 0.717) is 13.0 Å². The van der Waals surface area contributed by atoms with Gasteiger partial charge in [0.1, 0.15) is 5.82 Å². The van der Waals surface area contributed by atoms with Crippen LogP contribution in [0.4, 0.5) is 4.39 Å². The fourth-order valence-corrected chi connectivity index (χ4v) is 5.58. The van der Waals surface area contributed by atoms with Crippen molar-refractivity contribution in [2.24, 2.45) is 0 Å². The lowest BCUT2D eigenvalue weighted by Gasteiger charge is -2.29. The fourth-order valence-electron chi connectivity index (χ4n) is 5.58. The summed E-state index contributed by atoms with van der Waals surface area (Å²) >= 11 is 0. The number of carboxylic acids is 1. The van der Waals surface area contributed by atoms with Gasteiger partial charge in [0.25, 0.3) is 0 Å². The number of carbonyl (C=O) groups is 1. The molecule has 178 valence electrons. The minimum Gasteiger partial charge on any atom is -0.479 e. The van der Waals surface area contributed by atoms with E-state index in [4.69, 9.17) is 4.74 Å². The van der Waals surface area contributed by atoms with Gasteiger partial charge in [-0.15, -0.1) is 0 Å². The molecule has 0 spiro atoms. The van der Waals surface area contributed by atoms with Crippen LogP contribution >= 0.6 is 0 Å². The number of aliphatic carboxylic acids is 1. The third-order valence-electron chi connectivity index (χ3n) is 7.09. The molecule has 0 amide bonds. The molecule has 0 radical (unpaired) electrons. The number of aliphatic hydroxyl groups is 1. The van der Waals surface area contributed by atoms with Crippen LogP contribution < -0.4 is 0 Å². The second-order valence-corrected chi connectivity index (χ2v) is 9.99. The summed E-state index contributed by atoms with van der Waals surface area (Å²) in [7, 11) is 1.65. The summed E-state index contributed by atoms with van der Waals surface area (Å²) in [5, 5.41) is 29.5. The van der Waals surface area contributed by atoms with Gasteiger partial charge in [0.05, 0.1) is 23.8 Å². The zero-order valence-electron chi connectivity index (χ0n) is 19.4. The van der Waals surface area contributed by atoms with E-state index in [2.05, 4.69) is 28.6 Å². The average molecular weight is 466 g/mol. The SMILES string of the molecule is COCC(C)(C)c1c(C2CC[C@@](O)(C(=O)O)C2)c2cc3[nH]ncc3cc2n1-c1ccc(F)cc1. The molecule has 4 aromatic rings. The Kier molecular flexibility index (Phi) is 5.26. The number of ether oxygens (including phenoxy) is 1. The number of nitrogens with one attached hydrogen (secondary N) is 1. The first kappa shape index (κ1) is 22.6. The van der Waals surface area contributed by atoms with Crippen LogP contribution in [0, 0.1) is 5.82 Å². The molecule has 5 rings (SSSR count). The number of aromatic nitrogens is 3. The molecule has 1 saturated carbocycles. The van der Waals surface area contributed by atoms with Crippen LogP contribution in [0.5, 0.6) is 0 Å². The number of carboxylic acid groups (broad SMARTS) is 1. The molecular weight excluding hydrogens is 437 g/mol. The van der Waals surface area contributed by atoms with E-state index < -0.39 is 17.0 Å². The van der Waals surface area contributed by atoms with Crippen LogP contribution in [-0.4, -0.2) is 50.3 Å². The number of benzene rings is 2. The molecule has 0 aliphatic heterocycles. The standard InChI is InChI=1S/C26H28FN3O4/c1-25(2,14-34-3)23-22(15-8-9-26(33,12-15)24(31)32)19-11-20-16(13-28-29-20)10-21(19)30(23)18-6-4-17(27)5-7-18/h4-7,10-11,13,15,33H,8-9,12,14H2,1-3H3,(H,28,29)(H,31,32)/t15?,26-/m0/s1. The van der Waals surface area contributed by atoms with Crippen LogP contribution in [-0.2, 0) is 14.9 Å². The highest BCUT2D eigenvalue weighted by molar-refractivity contribution is 5.99. The molecule has 1 aliphatic carbocycles. The monoisotopic (exact) mass is 465 g/mol. The number of nitrogens with zero attached hydrogens (tertiary/aromatic N) is 2. The van der Waals surface area contributed by atoms with Crippen molar-refractivity contribution in [3.05, 3.63) is 59.7 Å². The highest BCUT2D eigenvalue weighted by Crippen LogP contribution is 2.49. The minimum absolute atomic E-state index is 0.127. The second-order valence-electron chi connectivity index (χ2n) is 9.99. The number of methoxy groups -OCH3 is 1. The molecule has 2 aromatic heterocycles. The molecule has 1 unspecified atom stereocenters. The number of aromatic amines is 1. The Hall–Kier alpha value is -3.23.